The minimum absolute atomic E-state index is 0.153. The second kappa shape index (κ2) is 2.62. The maximum Gasteiger partial charge on any atom is 0.127 e. The van der Waals surface area contributed by atoms with Crippen LogP contribution in [0, 0.1) is 11.9 Å². The van der Waals surface area contributed by atoms with Crippen molar-refractivity contribution in [2.45, 2.75) is 13.3 Å². The molecule has 0 heterocycles. The molecule has 0 spiro atoms. The van der Waals surface area contributed by atoms with Crippen molar-refractivity contribution in [2.24, 2.45) is 0 Å². The predicted molar refractivity (Wildman–Crippen MR) is 34.6 cm³/mol. The van der Waals surface area contributed by atoms with Gasteiger partial charge in [0, 0.05) is 0 Å². The zero-order valence-electron chi connectivity index (χ0n) is 5.32. The van der Waals surface area contributed by atoms with E-state index in [0.29, 0.717) is 12.0 Å². The van der Waals surface area contributed by atoms with Gasteiger partial charge in [-0.1, -0.05) is 19.1 Å². The Morgan fingerprint density at radius 1 is 1.67 bits per heavy atom. The Labute approximate surface area is 54.3 Å². The third-order valence-electron chi connectivity index (χ3n) is 1.24. The summed E-state index contributed by atoms with van der Waals surface area (Å²) in [6.07, 6.45) is 0.715. The van der Waals surface area contributed by atoms with E-state index in [2.05, 4.69) is 6.07 Å². The molecule has 0 bridgehead atoms. The van der Waals surface area contributed by atoms with Crippen molar-refractivity contribution < 1.29 is 4.39 Å². The second-order valence-corrected chi connectivity index (χ2v) is 1.85. The van der Waals surface area contributed by atoms with Crippen LogP contribution in [-0.4, -0.2) is 0 Å². The van der Waals surface area contributed by atoms with Crippen LogP contribution in [0.1, 0.15) is 12.5 Å². The van der Waals surface area contributed by atoms with Crippen molar-refractivity contribution in [1.82, 2.24) is 0 Å². The van der Waals surface area contributed by atoms with Gasteiger partial charge >= 0.3 is 0 Å². The van der Waals surface area contributed by atoms with Crippen LogP contribution < -0.4 is 0 Å². The normalized spacial score (nSPS) is 9.56. The Kier molecular flexibility index (Phi) is 1.83. The molecule has 1 aromatic rings. The molecule has 0 N–H and O–H groups in total. The van der Waals surface area contributed by atoms with Crippen molar-refractivity contribution in [3.05, 3.63) is 35.6 Å². The molecule has 47 valence electrons. The zero-order chi connectivity index (χ0) is 6.69. The summed E-state index contributed by atoms with van der Waals surface area (Å²) >= 11 is 0. The zero-order valence-corrected chi connectivity index (χ0v) is 5.32. The van der Waals surface area contributed by atoms with Gasteiger partial charge in [0.2, 0.25) is 0 Å². The Balaban J connectivity index is 3.01. The number of benzene rings is 1. The van der Waals surface area contributed by atoms with E-state index in [1.54, 1.807) is 12.1 Å². The SMILES string of the molecule is CCc1[c]cccc1F. The quantitative estimate of drug-likeness (QED) is 0.537. The summed E-state index contributed by atoms with van der Waals surface area (Å²) in [6.45, 7) is 1.91. The summed E-state index contributed by atoms with van der Waals surface area (Å²) in [7, 11) is 0. The molecule has 0 nitrogen and oxygen atoms in total. The molecule has 1 heteroatoms. The Morgan fingerprint density at radius 2 is 2.44 bits per heavy atom. The molecule has 1 rings (SSSR count). The molecule has 0 aromatic heterocycles. The number of halogens is 1. The predicted octanol–water partition coefficient (Wildman–Crippen LogP) is 2.19. The van der Waals surface area contributed by atoms with Gasteiger partial charge < -0.3 is 0 Å². The third kappa shape index (κ3) is 1.28. The van der Waals surface area contributed by atoms with E-state index >= 15 is 0 Å². The van der Waals surface area contributed by atoms with Gasteiger partial charge in [0.25, 0.3) is 0 Å². The molecule has 0 unspecified atom stereocenters. The van der Waals surface area contributed by atoms with Gasteiger partial charge in [-0.15, -0.1) is 0 Å². The monoisotopic (exact) mass is 123 g/mol. The maximum atomic E-state index is 12.6. The van der Waals surface area contributed by atoms with Crippen molar-refractivity contribution in [3.8, 4) is 0 Å². The second-order valence-electron chi connectivity index (χ2n) is 1.85. The number of aryl methyl sites for hydroxylation is 1. The molecule has 1 radical (unpaired) electrons. The van der Waals surface area contributed by atoms with Crippen LogP contribution in [0.25, 0.3) is 0 Å². The van der Waals surface area contributed by atoms with Crippen molar-refractivity contribution in [3.63, 3.8) is 0 Å². The highest BCUT2D eigenvalue weighted by molar-refractivity contribution is 5.15. The highest BCUT2D eigenvalue weighted by Gasteiger charge is 1.94. The van der Waals surface area contributed by atoms with E-state index in [0.717, 1.165) is 0 Å². The highest BCUT2D eigenvalue weighted by Crippen LogP contribution is 2.04. The topological polar surface area (TPSA) is 0 Å². The Morgan fingerprint density at radius 3 is 2.89 bits per heavy atom. The molecule has 0 aliphatic rings. The van der Waals surface area contributed by atoms with Gasteiger partial charge in [-0.05, 0) is 24.1 Å². The van der Waals surface area contributed by atoms with Crippen molar-refractivity contribution in [1.29, 1.82) is 0 Å². The van der Waals surface area contributed by atoms with Crippen LogP contribution in [0.3, 0.4) is 0 Å². The summed E-state index contributed by atoms with van der Waals surface area (Å²) in [6, 6.07) is 7.64. The van der Waals surface area contributed by atoms with Gasteiger partial charge in [-0.25, -0.2) is 4.39 Å². The minimum Gasteiger partial charge on any atom is -0.207 e. The lowest BCUT2D eigenvalue weighted by Gasteiger charge is -1.93. The fourth-order valence-electron chi connectivity index (χ4n) is 0.722. The van der Waals surface area contributed by atoms with Crippen molar-refractivity contribution >= 4 is 0 Å². The minimum atomic E-state index is -0.153. The molecule has 0 saturated heterocycles. The number of rotatable bonds is 1. The number of hydrogen-bond acceptors (Lipinski definition) is 0. The van der Waals surface area contributed by atoms with Crippen LogP contribution in [0.15, 0.2) is 18.2 Å². The third-order valence-corrected chi connectivity index (χ3v) is 1.24. The summed E-state index contributed by atoms with van der Waals surface area (Å²) in [5, 5.41) is 0. The first-order chi connectivity index (χ1) is 4.34. The van der Waals surface area contributed by atoms with Gasteiger partial charge in [-0.3, -0.25) is 0 Å². The highest BCUT2D eigenvalue weighted by atomic mass is 19.1. The smallest absolute Gasteiger partial charge is 0.127 e. The first-order valence-corrected chi connectivity index (χ1v) is 2.99. The standard InChI is InChI=1S/C8H8F/c1-2-7-5-3-4-6-8(7)9/h3-4,6H,2H2,1H3. The lowest BCUT2D eigenvalue weighted by molar-refractivity contribution is 0.612. The summed E-state index contributed by atoms with van der Waals surface area (Å²) in [5.74, 6) is -0.153. The largest absolute Gasteiger partial charge is 0.207 e. The molecular formula is C8H8F. The van der Waals surface area contributed by atoms with Gasteiger partial charge in [0.1, 0.15) is 5.82 Å². The lowest BCUT2D eigenvalue weighted by atomic mass is 10.2. The fraction of sp³-hybridized carbons (Fsp3) is 0.250. The van der Waals surface area contributed by atoms with E-state index < -0.39 is 0 Å². The maximum absolute atomic E-state index is 12.6. The Hall–Kier alpha value is -0.850. The Bertz CT molecular complexity index is 194. The molecular weight excluding hydrogens is 115 g/mol. The molecule has 0 aliphatic carbocycles. The van der Waals surface area contributed by atoms with E-state index in [9.17, 15) is 4.39 Å². The van der Waals surface area contributed by atoms with Gasteiger partial charge in [0.15, 0.2) is 0 Å². The van der Waals surface area contributed by atoms with E-state index in [4.69, 9.17) is 0 Å². The first-order valence-electron chi connectivity index (χ1n) is 2.99. The van der Waals surface area contributed by atoms with Crippen LogP contribution in [0.4, 0.5) is 4.39 Å². The molecule has 0 atom stereocenters. The average Bonchev–Trinajstić information content (AvgIpc) is 1.89. The van der Waals surface area contributed by atoms with Crippen LogP contribution in [0.2, 0.25) is 0 Å². The van der Waals surface area contributed by atoms with Gasteiger partial charge in [-0.2, -0.15) is 0 Å². The number of hydrogen-bond donors (Lipinski definition) is 0. The van der Waals surface area contributed by atoms with Crippen LogP contribution in [-0.2, 0) is 6.42 Å². The molecule has 1 aromatic carbocycles. The molecule has 0 amide bonds. The van der Waals surface area contributed by atoms with Gasteiger partial charge in [0.05, 0.1) is 0 Å². The molecule has 0 fully saturated rings. The molecule has 0 aliphatic heterocycles. The summed E-state index contributed by atoms with van der Waals surface area (Å²) in [5.41, 5.74) is 0.664. The molecule has 9 heavy (non-hydrogen) atoms. The first kappa shape index (κ1) is 6.27. The van der Waals surface area contributed by atoms with Crippen LogP contribution >= 0.6 is 0 Å². The lowest BCUT2D eigenvalue weighted by Crippen LogP contribution is -1.84. The average molecular weight is 123 g/mol. The van der Waals surface area contributed by atoms with Crippen LogP contribution in [0.5, 0.6) is 0 Å². The fourth-order valence-corrected chi connectivity index (χ4v) is 0.722. The summed E-state index contributed by atoms with van der Waals surface area (Å²) in [4.78, 5) is 0. The summed E-state index contributed by atoms with van der Waals surface area (Å²) < 4.78 is 12.6. The molecule has 0 saturated carbocycles. The van der Waals surface area contributed by atoms with Crippen molar-refractivity contribution in [2.75, 3.05) is 0 Å². The van der Waals surface area contributed by atoms with E-state index in [1.807, 2.05) is 6.92 Å². The van der Waals surface area contributed by atoms with E-state index in [1.165, 1.54) is 6.07 Å². The van der Waals surface area contributed by atoms with E-state index in [-0.39, 0.29) is 5.82 Å².